The summed E-state index contributed by atoms with van der Waals surface area (Å²) < 4.78 is 0. The third-order valence-corrected chi connectivity index (χ3v) is 4.42. The maximum Gasteiger partial charge on any atom is 0.167 e. The van der Waals surface area contributed by atoms with E-state index in [0.717, 1.165) is 27.7 Å². The number of fused-ring (bicyclic) bond motifs is 1. The molecule has 0 fully saturated rings. The molecule has 3 nitrogen and oxygen atoms in total. The zero-order chi connectivity index (χ0) is 17.8. The first-order chi connectivity index (χ1) is 12.1. The van der Waals surface area contributed by atoms with Crippen molar-refractivity contribution in [1.29, 1.82) is 0 Å². The Hall–Kier alpha value is -2.91. The highest BCUT2D eigenvalue weighted by molar-refractivity contribution is 6.38. The van der Waals surface area contributed by atoms with Crippen molar-refractivity contribution < 1.29 is 4.79 Å². The number of carbonyl (C=O) groups is 1. The summed E-state index contributed by atoms with van der Waals surface area (Å²) in [5, 5.41) is 4.37. The lowest BCUT2D eigenvalue weighted by molar-refractivity contribution is -0.104. The molecule has 0 amide bonds. The van der Waals surface area contributed by atoms with E-state index in [4.69, 9.17) is 11.6 Å². The summed E-state index contributed by atoms with van der Waals surface area (Å²) in [6.45, 7) is 6.03. The number of rotatable bonds is 5. The Bertz CT molecular complexity index is 987. The predicted molar refractivity (Wildman–Crippen MR) is 105 cm³/mol. The van der Waals surface area contributed by atoms with Gasteiger partial charge in [-0.1, -0.05) is 60.6 Å². The zero-order valence-electron chi connectivity index (χ0n) is 13.8. The van der Waals surface area contributed by atoms with Crippen LogP contribution in [0.4, 0.5) is 5.69 Å². The van der Waals surface area contributed by atoms with Crippen LogP contribution in [-0.2, 0) is 4.79 Å². The molecule has 0 radical (unpaired) electrons. The van der Waals surface area contributed by atoms with Crippen LogP contribution < -0.4 is 5.32 Å². The molecule has 0 unspecified atom stereocenters. The fourth-order valence-corrected chi connectivity index (χ4v) is 2.87. The second-order valence-corrected chi connectivity index (χ2v) is 6.02. The van der Waals surface area contributed by atoms with Crippen LogP contribution in [0.2, 0.25) is 0 Å². The highest BCUT2D eigenvalue weighted by Gasteiger charge is 2.13. The molecule has 0 saturated heterocycles. The van der Waals surface area contributed by atoms with E-state index >= 15 is 0 Å². The van der Waals surface area contributed by atoms with Crippen LogP contribution in [0.3, 0.4) is 0 Å². The summed E-state index contributed by atoms with van der Waals surface area (Å²) in [4.78, 5) is 16.0. The third kappa shape index (κ3) is 3.47. The number of benzene rings is 2. The van der Waals surface area contributed by atoms with Crippen LogP contribution in [0, 0.1) is 6.92 Å². The minimum atomic E-state index is 0.257. The SMILES string of the molecule is C=C(/C(Cl)=C(\C=O)Nc1cccc2cccnc12)c1ccccc1C. The monoisotopic (exact) mass is 348 g/mol. The van der Waals surface area contributed by atoms with Crippen molar-refractivity contribution in [1.82, 2.24) is 4.98 Å². The zero-order valence-corrected chi connectivity index (χ0v) is 14.5. The Balaban J connectivity index is 2.01. The van der Waals surface area contributed by atoms with Gasteiger partial charge in [0.05, 0.1) is 21.9 Å². The molecular formula is C21H17ClN2O. The van der Waals surface area contributed by atoms with Crippen LogP contribution in [-0.4, -0.2) is 11.3 Å². The number of aryl methyl sites for hydroxylation is 1. The maximum absolute atomic E-state index is 11.6. The topological polar surface area (TPSA) is 42.0 Å². The van der Waals surface area contributed by atoms with Crippen LogP contribution in [0.15, 0.2) is 78.1 Å². The predicted octanol–water partition coefficient (Wildman–Crippen LogP) is 5.32. The minimum Gasteiger partial charge on any atom is -0.350 e. The Morgan fingerprint density at radius 3 is 2.64 bits per heavy atom. The van der Waals surface area contributed by atoms with Gasteiger partial charge in [0.25, 0.3) is 0 Å². The van der Waals surface area contributed by atoms with E-state index in [2.05, 4.69) is 16.9 Å². The van der Waals surface area contributed by atoms with Gasteiger partial charge < -0.3 is 5.32 Å². The van der Waals surface area contributed by atoms with E-state index < -0.39 is 0 Å². The number of nitrogens with zero attached hydrogens (tertiary/aromatic N) is 1. The highest BCUT2D eigenvalue weighted by Crippen LogP contribution is 2.30. The summed E-state index contributed by atoms with van der Waals surface area (Å²) in [6, 6.07) is 17.3. The van der Waals surface area contributed by atoms with Crippen molar-refractivity contribution in [3.63, 3.8) is 0 Å². The lowest BCUT2D eigenvalue weighted by Gasteiger charge is -2.13. The smallest absolute Gasteiger partial charge is 0.167 e. The first kappa shape index (κ1) is 16.9. The van der Waals surface area contributed by atoms with Gasteiger partial charge in [0.2, 0.25) is 0 Å². The number of pyridine rings is 1. The molecule has 124 valence electrons. The van der Waals surface area contributed by atoms with Gasteiger partial charge in [-0.05, 0) is 35.8 Å². The van der Waals surface area contributed by atoms with E-state index in [1.54, 1.807) is 6.20 Å². The first-order valence-corrected chi connectivity index (χ1v) is 8.20. The van der Waals surface area contributed by atoms with Crippen LogP contribution in [0.25, 0.3) is 16.5 Å². The Kier molecular flexibility index (Phi) is 4.96. The molecule has 0 aliphatic heterocycles. The number of carbonyl (C=O) groups excluding carboxylic acids is 1. The standard InChI is InChI=1S/C21H17ClN2O/c1-14-7-3-4-10-17(14)15(2)20(22)19(13-25)24-18-11-5-8-16-9-6-12-23-21(16)18/h3-13,24H,2H2,1H3/b20-19-. The molecule has 1 heterocycles. The number of aldehydes is 1. The van der Waals surface area contributed by atoms with E-state index in [1.807, 2.05) is 61.5 Å². The summed E-state index contributed by atoms with van der Waals surface area (Å²) in [6.07, 6.45) is 2.42. The van der Waals surface area contributed by atoms with E-state index in [9.17, 15) is 4.79 Å². The minimum absolute atomic E-state index is 0.257. The Morgan fingerprint density at radius 1 is 1.12 bits per heavy atom. The van der Waals surface area contributed by atoms with Gasteiger partial charge in [-0.3, -0.25) is 9.78 Å². The molecule has 0 bridgehead atoms. The molecule has 0 spiro atoms. The van der Waals surface area contributed by atoms with Gasteiger partial charge in [-0.25, -0.2) is 0 Å². The van der Waals surface area contributed by atoms with Crippen molar-refractivity contribution in [3.05, 3.63) is 89.2 Å². The number of anilines is 1. The van der Waals surface area contributed by atoms with Gasteiger partial charge in [0.1, 0.15) is 0 Å². The number of allylic oxidation sites excluding steroid dienone is 3. The average Bonchev–Trinajstić information content (AvgIpc) is 2.65. The highest BCUT2D eigenvalue weighted by atomic mass is 35.5. The van der Waals surface area contributed by atoms with Gasteiger partial charge >= 0.3 is 0 Å². The second kappa shape index (κ2) is 7.32. The largest absolute Gasteiger partial charge is 0.350 e. The van der Waals surface area contributed by atoms with Crippen molar-refractivity contribution in [3.8, 4) is 0 Å². The van der Waals surface area contributed by atoms with Gasteiger partial charge in [-0.2, -0.15) is 0 Å². The lowest BCUT2D eigenvalue weighted by atomic mass is 10.0. The van der Waals surface area contributed by atoms with Crippen molar-refractivity contribution in [2.45, 2.75) is 6.92 Å². The van der Waals surface area contributed by atoms with Crippen molar-refractivity contribution >= 4 is 40.1 Å². The van der Waals surface area contributed by atoms with Crippen LogP contribution in [0.1, 0.15) is 11.1 Å². The molecule has 1 N–H and O–H groups in total. The number of hydrogen-bond acceptors (Lipinski definition) is 3. The summed E-state index contributed by atoms with van der Waals surface area (Å²) in [5.74, 6) is 0. The quantitative estimate of drug-likeness (QED) is 0.385. The third-order valence-electron chi connectivity index (χ3n) is 3.99. The van der Waals surface area contributed by atoms with E-state index in [1.165, 1.54) is 0 Å². The molecule has 0 saturated carbocycles. The number of nitrogens with one attached hydrogen (secondary N) is 1. The number of hydrogen-bond donors (Lipinski definition) is 1. The molecule has 4 heteroatoms. The van der Waals surface area contributed by atoms with E-state index in [0.29, 0.717) is 11.9 Å². The van der Waals surface area contributed by atoms with Crippen molar-refractivity contribution in [2.24, 2.45) is 0 Å². The van der Waals surface area contributed by atoms with Gasteiger partial charge in [0.15, 0.2) is 6.29 Å². The molecule has 0 aliphatic carbocycles. The molecule has 25 heavy (non-hydrogen) atoms. The number of halogens is 1. The van der Waals surface area contributed by atoms with Crippen LogP contribution in [0.5, 0.6) is 0 Å². The fourth-order valence-electron chi connectivity index (χ4n) is 2.68. The van der Waals surface area contributed by atoms with Crippen LogP contribution >= 0.6 is 11.6 Å². The molecule has 0 atom stereocenters. The fraction of sp³-hybridized carbons (Fsp3) is 0.0476. The molecule has 3 rings (SSSR count). The molecule has 3 aromatic rings. The second-order valence-electron chi connectivity index (χ2n) is 5.64. The van der Waals surface area contributed by atoms with E-state index in [-0.39, 0.29) is 10.7 Å². The number of aromatic nitrogens is 1. The Morgan fingerprint density at radius 2 is 1.88 bits per heavy atom. The molecule has 2 aromatic carbocycles. The Labute approximate surface area is 151 Å². The normalized spacial score (nSPS) is 11.8. The summed E-state index contributed by atoms with van der Waals surface area (Å²) in [5.41, 5.74) is 4.30. The average molecular weight is 349 g/mol. The van der Waals surface area contributed by atoms with Gasteiger partial charge in [-0.15, -0.1) is 0 Å². The number of para-hydroxylation sites is 1. The summed E-state index contributed by atoms with van der Waals surface area (Å²) in [7, 11) is 0. The molecular weight excluding hydrogens is 332 g/mol. The van der Waals surface area contributed by atoms with Crippen molar-refractivity contribution in [2.75, 3.05) is 5.32 Å². The molecule has 1 aromatic heterocycles. The first-order valence-electron chi connectivity index (χ1n) is 7.83. The lowest BCUT2D eigenvalue weighted by Crippen LogP contribution is -2.05. The summed E-state index contributed by atoms with van der Waals surface area (Å²) >= 11 is 6.47. The molecule has 0 aliphatic rings. The van der Waals surface area contributed by atoms with Gasteiger partial charge in [0, 0.05) is 11.6 Å². The maximum atomic E-state index is 11.6.